The lowest BCUT2D eigenvalue weighted by Gasteiger charge is -2.15. The van der Waals surface area contributed by atoms with E-state index in [1.54, 1.807) is 26.1 Å². The van der Waals surface area contributed by atoms with E-state index in [0.717, 1.165) is 17.7 Å². The van der Waals surface area contributed by atoms with Gasteiger partial charge in [-0.2, -0.15) is 0 Å². The highest BCUT2D eigenvalue weighted by molar-refractivity contribution is 14.0. The van der Waals surface area contributed by atoms with Gasteiger partial charge < -0.3 is 20.3 Å². The molecule has 1 amide bonds. The number of likely N-dealkylation sites (N-methyl/N-ethyl adjacent to an activating group) is 1. The first-order chi connectivity index (χ1) is 13.5. The molecule has 7 heteroatoms. The van der Waals surface area contributed by atoms with Gasteiger partial charge in [0, 0.05) is 20.6 Å². The van der Waals surface area contributed by atoms with Gasteiger partial charge in [-0.25, -0.2) is 4.99 Å². The topological polar surface area (TPSA) is 66.0 Å². The van der Waals surface area contributed by atoms with Crippen LogP contribution in [0.4, 0.5) is 0 Å². The molecule has 0 aliphatic rings. The average Bonchev–Trinajstić information content (AvgIpc) is 2.70. The van der Waals surface area contributed by atoms with Crippen LogP contribution in [0.2, 0.25) is 0 Å². The van der Waals surface area contributed by atoms with E-state index in [4.69, 9.17) is 4.74 Å². The highest BCUT2D eigenvalue weighted by atomic mass is 127. The monoisotopic (exact) mass is 510 g/mol. The van der Waals surface area contributed by atoms with Crippen LogP contribution in [0, 0.1) is 6.92 Å². The molecule has 0 saturated heterocycles. The number of hydrogen-bond donors (Lipinski definition) is 2. The second kappa shape index (κ2) is 13.0. The van der Waals surface area contributed by atoms with E-state index < -0.39 is 0 Å². The minimum atomic E-state index is 0. The van der Waals surface area contributed by atoms with E-state index in [9.17, 15) is 4.79 Å². The number of rotatable bonds is 8. The third kappa shape index (κ3) is 8.72. The van der Waals surface area contributed by atoms with Crippen molar-refractivity contribution in [1.29, 1.82) is 0 Å². The molecule has 2 aromatic rings. The lowest BCUT2D eigenvalue weighted by molar-refractivity contribution is -0.127. The summed E-state index contributed by atoms with van der Waals surface area (Å²) in [6.07, 6.45) is 0.844. The van der Waals surface area contributed by atoms with Crippen LogP contribution in [-0.4, -0.2) is 51.1 Å². The molecule has 0 unspecified atom stereocenters. The lowest BCUT2D eigenvalue weighted by atomic mass is 10.1. The SMILES string of the molecule is COc1ccc(CCNC(=NCc2ccccc2C)NCC(=O)N(C)C)cc1.I. The van der Waals surface area contributed by atoms with Crippen LogP contribution in [0.25, 0.3) is 0 Å². The van der Waals surface area contributed by atoms with E-state index in [0.29, 0.717) is 19.0 Å². The van der Waals surface area contributed by atoms with Gasteiger partial charge in [0.25, 0.3) is 0 Å². The van der Waals surface area contributed by atoms with Crippen molar-refractivity contribution in [2.75, 3.05) is 34.3 Å². The van der Waals surface area contributed by atoms with Gasteiger partial charge in [0.1, 0.15) is 5.75 Å². The summed E-state index contributed by atoms with van der Waals surface area (Å²) in [5.41, 5.74) is 3.57. The van der Waals surface area contributed by atoms with E-state index in [1.807, 2.05) is 36.4 Å². The first kappa shape index (κ1) is 24.7. The number of carbonyl (C=O) groups excluding carboxylic acids is 1. The zero-order valence-corrected chi connectivity index (χ0v) is 19.9. The van der Waals surface area contributed by atoms with Crippen molar-refractivity contribution in [3.8, 4) is 5.75 Å². The van der Waals surface area contributed by atoms with Crippen molar-refractivity contribution in [2.24, 2.45) is 4.99 Å². The number of aryl methyl sites for hydroxylation is 1. The van der Waals surface area contributed by atoms with Gasteiger partial charge >= 0.3 is 0 Å². The summed E-state index contributed by atoms with van der Waals surface area (Å²) in [6, 6.07) is 16.2. The molecule has 0 spiro atoms. The predicted molar refractivity (Wildman–Crippen MR) is 129 cm³/mol. The largest absolute Gasteiger partial charge is 0.497 e. The number of methoxy groups -OCH3 is 1. The summed E-state index contributed by atoms with van der Waals surface area (Å²) in [5.74, 6) is 1.48. The van der Waals surface area contributed by atoms with Gasteiger partial charge in [-0.05, 0) is 42.2 Å². The Morgan fingerprint density at radius 1 is 1.07 bits per heavy atom. The van der Waals surface area contributed by atoms with Crippen molar-refractivity contribution in [1.82, 2.24) is 15.5 Å². The quantitative estimate of drug-likeness (QED) is 0.326. The first-order valence-corrected chi connectivity index (χ1v) is 9.39. The number of aliphatic imine (C=N–C) groups is 1. The standard InChI is InChI=1S/C22H30N4O2.HI/c1-17-7-5-6-8-19(17)15-24-22(25-16-21(27)26(2)3)23-14-13-18-9-11-20(28-4)12-10-18;/h5-12H,13-16H2,1-4H3,(H2,23,24,25);1H. The normalized spacial score (nSPS) is 10.7. The predicted octanol–water partition coefficient (Wildman–Crippen LogP) is 2.99. The lowest BCUT2D eigenvalue weighted by Crippen LogP contribution is -2.43. The summed E-state index contributed by atoms with van der Waals surface area (Å²) < 4.78 is 5.19. The van der Waals surface area contributed by atoms with Crippen molar-refractivity contribution < 1.29 is 9.53 Å². The van der Waals surface area contributed by atoms with Crippen LogP contribution < -0.4 is 15.4 Å². The Morgan fingerprint density at radius 3 is 2.38 bits per heavy atom. The average molecular weight is 510 g/mol. The molecule has 0 atom stereocenters. The molecular weight excluding hydrogens is 479 g/mol. The molecule has 6 nitrogen and oxygen atoms in total. The number of guanidine groups is 1. The highest BCUT2D eigenvalue weighted by Crippen LogP contribution is 2.11. The minimum absolute atomic E-state index is 0. The highest BCUT2D eigenvalue weighted by Gasteiger charge is 2.06. The number of amides is 1. The number of hydrogen-bond acceptors (Lipinski definition) is 3. The van der Waals surface area contributed by atoms with Crippen LogP contribution in [0.5, 0.6) is 5.75 Å². The third-order valence-electron chi connectivity index (χ3n) is 4.44. The Balaban J connectivity index is 0.00000420. The van der Waals surface area contributed by atoms with Crippen LogP contribution in [0.15, 0.2) is 53.5 Å². The fourth-order valence-electron chi connectivity index (χ4n) is 2.56. The second-order valence-electron chi connectivity index (χ2n) is 6.76. The van der Waals surface area contributed by atoms with Gasteiger partial charge in [-0.15, -0.1) is 24.0 Å². The molecule has 29 heavy (non-hydrogen) atoms. The molecule has 2 aromatic carbocycles. The van der Waals surface area contributed by atoms with Crippen molar-refractivity contribution in [2.45, 2.75) is 19.9 Å². The summed E-state index contributed by atoms with van der Waals surface area (Å²) in [6.45, 7) is 3.54. The van der Waals surface area contributed by atoms with Gasteiger partial charge in [0.05, 0.1) is 20.2 Å². The van der Waals surface area contributed by atoms with E-state index in [-0.39, 0.29) is 36.4 Å². The molecule has 0 aromatic heterocycles. The second-order valence-corrected chi connectivity index (χ2v) is 6.76. The number of benzene rings is 2. The van der Waals surface area contributed by atoms with Gasteiger partial charge in [-0.3, -0.25) is 4.79 Å². The number of ether oxygens (including phenoxy) is 1. The molecule has 0 fully saturated rings. The number of halogens is 1. The van der Waals surface area contributed by atoms with Crippen molar-refractivity contribution >= 4 is 35.8 Å². The fourth-order valence-corrected chi connectivity index (χ4v) is 2.56. The number of nitrogens with one attached hydrogen (secondary N) is 2. The molecule has 0 aliphatic heterocycles. The Bertz CT molecular complexity index is 792. The maximum Gasteiger partial charge on any atom is 0.241 e. The van der Waals surface area contributed by atoms with E-state index >= 15 is 0 Å². The molecule has 0 radical (unpaired) electrons. The van der Waals surface area contributed by atoms with E-state index in [2.05, 4.69) is 34.7 Å². The molecule has 0 saturated carbocycles. The first-order valence-electron chi connectivity index (χ1n) is 9.39. The summed E-state index contributed by atoms with van der Waals surface area (Å²) in [7, 11) is 5.14. The molecule has 0 bridgehead atoms. The number of carbonyl (C=O) groups is 1. The van der Waals surface area contributed by atoms with Crippen LogP contribution in [-0.2, 0) is 17.8 Å². The smallest absolute Gasteiger partial charge is 0.241 e. The van der Waals surface area contributed by atoms with Gasteiger partial charge in [0.2, 0.25) is 5.91 Å². The zero-order chi connectivity index (χ0) is 20.4. The number of nitrogens with zero attached hydrogens (tertiary/aromatic N) is 2. The van der Waals surface area contributed by atoms with E-state index in [1.165, 1.54) is 11.1 Å². The molecule has 2 rings (SSSR count). The molecule has 2 N–H and O–H groups in total. The van der Waals surface area contributed by atoms with Crippen LogP contribution in [0.1, 0.15) is 16.7 Å². The molecular formula is C22H31IN4O2. The van der Waals surface area contributed by atoms with Crippen LogP contribution in [0.3, 0.4) is 0 Å². The Morgan fingerprint density at radius 2 is 1.76 bits per heavy atom. The van der Waals surface area contributed by atoms with Gasteiger partial charge in [-0.1, -0.05) is 36.4 Å². The Labute approximate surface area is 190 Å². The molecule has 0 aliphatic carbocycles. The fraction of sp³-hybridized carbons (Fsp3) is 0.364. The van der Waals surface area contributed by atoms with Crippen LogP contribution >= 0.6 is 24.0 Å². The maximum absolute atomic E-state index is 11.9. The molecule has 0 heterocycles. The third-order valence-corrected chi connectivity index (χ3v) is 4.44. The van der Waals surface area contributed by atoms with Crippen molar-refractivity contribution in [3.63, 3.8) is 0 Å². The Kier molecular flexibility index (Phi) is 11.1. The van der Waals surface area contributed by atoms with Gasteiger partial charge in [0.15, 0.2) is 5.96 Å². The minimum Gasteiger partial charge on any atom is -0.497 e. The summed E-state index contributed by atoms with van der Waals surface area (Å²) in [5, 5.41) is 6.44. The maximum atomic E-state index is 11.9. The molecule has 158 valence electrons. The van der Waals surface area contributed by atoms with Crippen molar-refractivity contribution in [3.05, 3.63) is 65.2 Å². The summed E-state index contributed by atoms with van der Waals surface area (Å²) in [4.78, 5) is 18.1. The summed E-state index contributed by atoms with van der Waals surface area (Å²) >= 11 is 0. The Hall–Kier alpha value is -2.29. The zero-order valence-electron chi connectivity index (χ0n) is 17.6.